The van der Waals surface area contributed by atoms with Crippen LogP contribution >= 0.6 is 0 Å². The SMILES string of the molecule is CC(NC(=O)OC(C)(C)C)C(CN)NCC1CC1. The molecule has 0 bridgehead atoms. The summed E-state index contributed by atoms with van der Waals surface area (Å²) in [6, 6.07) is 0.0571. The van der Waals surface area contributed by atoms with Gasteiger partial charge in [-0.25, -0.2) is 4.79 Å². The Morgan fingerprint density at radius 3 is 2.50 bits per heavy atom. The Labute approximate surface area is 110 Å². The number of ether oxygens (including phenoxy) is 1. The molecule has 1 saturated carbocycles. The van der Waals surface area contributed by atoms with Crippen LogP contribution in [0.5, 0.6) is 0 Å². The van der Waals surface area contributed by atoms with E-state index in [0.717, 1.165) is 12.5 Å². The van der Waals surface area contributed by atoms with Crippen molar-refractivity contribution >= 4 is 6.09 Å². The van der Waals surface area contributed by atoms with Gasteiger partial charge in [-0.15, -0.1) is 0 Å². The summed E-state index contributed by atoms with van der Waals surface area (Å²) in [6.07, 6.45) is 2.22. The molecule has 18 heavy (non-hydrogen) atoms. The number of carbonyl (C=O) groups is 1. The normalized spacial score (nSPS) is 19.2. The fourth-order valence-electron chi connectivity index (χ4n) is 1.70. The molecule has 1 fully saturated rings. The molecule has 0 aromatic heterocycles. The van der Waals surface area contributed by atoms with Gasteiger partial charge in [-0.1, -0.05) is 0 Å². The maximum Gasteiger partial charge on any atom is 0.407 e. The van der Waals surface area contributed by atoms with Gasteiger partial charge in [-0.05, 0) is 53.0 Å². The zero-order valence-corrected chi connectivity index (χ0v) is 12.0. The van der Waals surface area contributed by atoms with Crippen molar-refractivity contribution in [3.8, 4) is 0 Å². The van der Waals surface area contributed by atoms with Crippen molar-refractivity contribution in [1.29, 1.82) is 0 Å². The first-order valence-electron chi connectivity index (χ1n) is 6.75. The Kier molecular flexibility index (Phi) is 5.41. The summed E-state index contributed by atoms with van der Waals surface area (Å²) < 4.78 is 5.22. The van der Waals surface area contributed by atoms with Gasteiger partial charge in [-0.2, -0.15) is 0 Å². The van der Waals surface area contributed by atoms with E-state index in [4.69, 9.17) is 10.5 Å². The monoisotopic (exact) mass is 257 g/mol. The molecule has 2 atom stereocenters. The first-order valence-corrected chi connectivity index (χ1v) is 6.75. The third-order valence-electron chi connectivity index (χ3n) is 2.97. The largest absolute Gasteiger partial charge is 0.444 e. The second kappa shape index (κ2) is 6.38. The molecule has 1 rings (SSSR count). The lowest BCUT2D eigenvalue weighted by atomic mass is 10.1. The highest BCUT2D eigenvalue weighted by Crippen LogP contribution is 2.27. The van der Waals surface area contributed by atoms with Gasteiger partial charge in [0, 0.05) is 18.6 Å². The van der Waals surface area contributed by atoms with Gasteiger partial charge >= 0.3 is 6.09 Å². The average Bonchev–Trinajstić information content (AvgIpc) is 2.99. The van der Waals surface area contributed by atoms with Crippen molar-refractivity contribution in [2.24, 2.45) is 11.7 Å². The topological polar surface area (TPSA) is 76.4 Å². The summed E-state index contributed by atoms with van der Waals surface area (Å²) in [4.78, 5) is 11.6. The van der Waals surface area contributed by atoms with E-state index >= 15 is 0 Å². The fraction of sp³-hybridized carbons (Fsp3) is 0.923. The van der Waals surface area contributed by atoms with E-state index in [1.54, 1.807) is 0 Å². The van der Waals surface area contributed by atoms with Gasteiger partial charge < -0.3 is 21.1 Å². The summed E-state index contributed by atoms with van der Waals surface area (Å²) in [6.45, 7) is 8.99. The Bertz CT molecular complexity index is 272. The summed E-state index contributed by atoms with van der Waals surface area (Å²) >= 11 is 0. The summed E-state index contributed by atoms with van der Waals surface area (Å²) in [7, 11) is 0. The zero-order chi connectivity index (χ0) is 13.8. The number of hydrogen-bond donors (Lipinski definition) is 3. The van der Waals surface area contributed by atoms with E-state index < -0.39 is 5.60 Å². The van der Waals surface area contributed by atoms with E-state index in [-0.39, 0.29) is 18.2 Å². The summed E-state index contributed by atoms with van der Waals surface area (Å²) in [5.74, 6) is 0.799. The Hall–Kier alpha value is -0.810. The molecule has 4 N–H and O–H groups in total. The van der Waals surface area contributed by atoms with Crippen molar-refractivity contribution in [3.63, 3.8) is 0 Å². The molecule has 2 unspecified atom stereocenters. The molecule has 1 aliphatic rings. The molecule has 5 heteroatoms. The molecule has 0 aromatic carbocycles. The molecule has 0 spiro atoms. The average molecular weight is 257 g/mol. The molecule has 0 saturated heterocycles. The smallest absolute Gasteiger partial charge is 0.407 e. The number of alkyl carbamates (subject to hydrolysis) is 1. The number of nitrogens with two attached hydrogens (primary N) is 1. The highest BCUT2D eigenvalue weighted by molar-refractivity contribution is 5.68. The molecule has 0 heterocycles. The standard InChI is InChI=1S/C13H27N3O2/c1-9(16-12(17)18-13(2,3)4)11(7-14)15-8-10-5-6-10/h9-11,15H,5-8,14H2,1-4H3,(H,16,17). The third-order valence-corrected chi connectivity index (χ3v) is 2.97. The van der Waals surface area contributed by atoms with Crippen molar-refractivity contribution in [1.82, 2.24) is 10.6 Å². The van der Waals surface area contributed by atoms with Crippen LogP contribution in [0.25, 0.3) is 0 Å². The first kappa shape index (κ1) is 15.2. The first-order chi connectivity index (χ1) is 8.31. The van der Waals surface area contributed by atoms with Crippen LogP contribution in [0.3, 0.4) is 0 Å². The quantitative estimate of drug-likeness (QED) is 0.669. The predicted octanol–water partition coefficient (Wildman–Crippen LogP) is 1.23. The lowest BCUT2D eigenvalue weighted by molar-refractivity contribution is 0.0498. The number of nitrogens with one attached hydrogen (secondary N) is 2. The van der Waals surface area contributed by atoms with E-state index in [1.807, 2.05) is 27.7 Å². The van der Waals surface area contributed by atoms with E-state index in [9.17, 15) is 4.79 Å². The van der Waals surface area contributed by atoms with Gasteiger partial charge in [0.1, 0.15) is 5.60 Å². The molecule has 1 amide bonds. The van der Waals surface area contributed by atoms with E-state index in [1.165, 1.54) is 12.8 Å². The zero-order valence-electron chi connectivity index (χ0n) is 12.0. The van der Waals surface area contributed by atoms with Gasteiger partial charge in [0.05, 0.1) is 0 Å². The van der Waals surface area contributed by atoms with Crippen LogP contribution in [0, 0.1) is 5.92 Å². The Morgan fingerprint density at radius 1 is 1.44 bits per heavy atom. The molecular weight excluding hydrogens is 230 g/mol. The second-order valence-corrected chi connectivity index (χ2v) is 6.13. The second-order valence-electron chi connectivity index (χ2n) is 6.13. The van der Waals surface area contributed by atoms with Gasteiger partial charge in [0.15, 0.2) is 0 Å². The van der Waals surface area contributed by atoms with Gasteiger partial charge in [-0.3, -0.25) is 0 Å². The van der Waals surface area contributed by atoms with Crippen LogP contribution in [-0.2, 0) is 4.74 Å². The van der Waals surface area contributed by atoms with Gasteiger partial charge in [0.25, 0.3) is 0 Å². The van der Waals surface area contributed by atoms with E-state index in [0.29, 0.717) is 6.54 Å². The molecule has 0 radical (unpaired) electrons. The highest BCUT2D eigenvalue weighted by atomic mass is 16.6. The molecule has 1 aliphatic carbocycles. The minimum atomic E-state index is -0.469. The maximum atomic E-state index is 11.6. The number of rotatable bonds is 6. The van der Waals surface area contributed by atoms with Crippen LogP contribution in [0.2, 0.25) is 0 Å². The lowest BCUT2D eigenvalue weighted by Crippen LogP contribution is -2.53. The van der Waals surface area contributed by atoms with Crippen LogP contribution in [0.15, 0.2) is 0 Å². The molecule has 5 nitrogen and oxygen atoms in total. The van der Waals surface area contributed by atoms with E-state index in [2.05, 4.69) is 10.6 Å². The van der Waals surface area contributed by atoms with Crippen LogP contribution < -0.4 is 16.4 Å². The molecule has 0 aromatic rings. The van der Waals surface area contributed by atoms with Crippen molar-refractivity contribution in [2.45, 2.75) is 58.2 Å². The molecule has 106 valence electrons. The molecular formula is C13H27N3O2. The Balaban J connectivity index is 2.30. The van der Waals surface area contributed by atoms with Crippen molar-refractivity contribution < 1.29 is 9.53 Å². The Morgan fingerprint density at radius 2 is 2.06 bits per heavy atom. The maximum absolute atomic E-state index is 11.6. The number of amides is 1. The minimum Gasteiger partial charge on any atom is -0.444 e. The highest BCUT2D eigenvalue weighted by Gasteiger charge is 2.25. The van der Waals surface area contributed by atoms with Crippen LogP contribution in [0.4, 0.5) is 4.79 Å². The summed E-state index contributed by atoms with van der Waals surface area (Å²) in [5.41, 5.74) is 5.26. The molecule has 0 aliphatic heterocycles. The fourth-order valence-corrected chi connectivity index (χ4v) is 1.70. The lowest BCUT2D eigenvalue weighted by Gasteiger charge is -2.27. The number of carbonyl (C=O) groups excluding carboxylic acids is 1. The summed E-state index contributed by atoms with van der Waals surface area (Å²) in [5, 5.41) is 6.23. The van der Waals surface area contributed by atoms with Crippen molar-refractivity contribution in [2.75, 3.05) is 13.1 Å². The minimum absolute atomic E-state index is 0.0383. The van der Waals surface area contributed by atoms with Crippen LogP contribution in [0.1, 0.15) is 40.5 Å². The predicted molar refractivity (Wildman–Crippen MR) is 72.4 cm³/mol. The van der Waals surface area contributed by atoms with Gasteiger partial charge in [0.2, 0.25) is 0 Å². The third kappa shape index (κ3) is 6.21. The van der Waals surface area contributed by atoms with Crippen LogP contribution in [-0.4, -0.2) is 36.9 Å². The van der Waals surface area contributed by atoms with Crippen molar-refractivity contribution in [3.05, 3.63) is 0 Å². The number of hydrogen-bond acceptors (Lipinski definition) is 4.